The van der Waals surface area contributed by atoms with Crippen molar-refractivity contribution >= 4 is 11.8 Å². The topological polar surface area (TPSA) is 85.1 Å². The SMILES string of the molecule is O=C(c1coc(COc2ccc3c(c2)[C@@H](c2cccc(F)c2)N(C(=O)C2CC2)CC3)n1)N1CCOCC1. The summed E-state index contributed by atoms with van der Waals surface area (Å²) >= 11 is 0. The van der Waals surface area contributed by atoms with Gasteiger partial charge in [-0.1, -0.05) is 18.2 Å². The highest BCUT2D eigenvalue weighted by molar-refractivity contribution is 5.92. The lowest BCUT2D eigenvalue weighted by Gasteiger charge is -2.38. The van der Waals surface area contributed by atoms with Crippen molar-refractivity contribution in [3.05, 3.63) is 82.8 Å². The van der Waals surface area contributed by atoms with Gasteiger partial charge in [0, 0.05) is 25.6 Å². The van der Waals surface area contributed by atoms with Gasteiger partial charge in [-0.2, -0.15) is 0 Å². The average molecular weight is 506 g/mol. The van der Waals surface area contributed by atoms with Crippen LogP contribution in [0.2, 0.25) is 0 Å². The summed E-state index contributed by atoms with van der Waals surface area (Å²) in [7, 11) is 0. The predicted molar refractivity (Wildman–Crippen MR) is 130 cm³/mol. The Bertz CT molecular complexity index is 1310. The van der Waals surface area contributed by atoms with E-state index in [-0.39, 0.29) is 41.9 Å². The van der Waals surface area contributed by atoms with Crippen LogP contribution in [0.1, 0.15) is 52.0 Å². The first kappa shape index (κ1) is 23.7. The number of hydrogen-bond donors (Lipinski definition) is 0. The van der Waals surface area contributed by atoms with Gasteiger partial charge in [0.05, 0.1) is 19.3 Å². The van der Waals surface area contributed by atoms with E-state index in [0.717, 1.165) is 36.0 Å². The predicted octanol–water partition coefficient (Wildman–Crippen LogP) is 3.75. The molecule has 192 valence electrons. The molecule has 9 heteroatoms. The lowest BCUT2D eigenvalue weighted by Crippen LogP contribution is -2.41. The van der Waals surface area contributed by atoms with E-state index < -0.39 is 0 Å². The summed E-state index contributed by atoms with van der Waals surface area (Å²) in [6, 6.07) is 11.9. The number of amides is 2. The Morgan fingerprint density at radius 1 is 1.08 bits per heavy atom. The molecule has 2 aromatic carbocycles. The number of halogens is 1. The molecule has 0 bridgehead atoms. The van der Waals surface area contributed by atoms with Crippen LogP contribution < -0.4 is 4.74 Å². The summed E-state index contributed by atoms with van der Waals surface area (Å²) in [4.78, 5) is 33.7. The van der Waals surface area contributed by atoms with Gasteiger partial charge in [-0.05, 0) is 60.2 Å². The molecule has 0 radical (unpaired) electrons. The fourth-order valence-corrected chi connectivity index (χ4v) is 5.07. The minimum Gasteiger partial charge on any atom is -0.484 e. The smallest absolute Gasteiger partial charge is 0.275 e. The molecule has 1 saturated carbocycles. The zero-order valence-electron chi connectivity index (χ0n) is 20.4. The maximum Gasteiger partial charge on any atom is 0.275 e. The molecule has 0 unspecified atom stereocenters. The van der Waals surface area contributed by atoms with Gasteiger partial charge in [-0.15, -0.1) is 0 Å². The Morgan fingerprint density at radius 2 is 1.92 bits per heavy atom. The molecule has 37 heavy (non-hydrogen) atoms. The summed E-state index contributed by atoms with van der Waals surface area (Å²) in [5.41, 5.74) is 3.02. The summed E-state index contributed by atoms with van der Waals surface area (Å²) in [6.45, 7) is 2.72. The Morgan fingerprint density at radius 3 is 2.70 bits per heavy atom. The molecule has 2 amide bonds. The van der Waals surface area contributed by atoms with Gasteiger partial charge >= 0.3 is 0 Å². The first-order valence-electron chi connectivity index (χ1n) is 12.7. The third-order valence-electron chi connectivity index (χ3n) is 7.15. The van der Waals surface area contributed by atoms with Gasteiger partial charge < -0.3 is 23.7 Å². The van der Waals surface area contributed by atoms with E-state index in [9.17, 15) is 14.0 Å². The Balaban J connectivity index is 1.22. The molecule has 6 rings (SSSR count). The third kappa shape index (κ3) is 4.96. The molecule has 1 atom stereocenters. The molecule has 1 aliphatic carbocycles. The number of morpholine rings is 1. The Kier molecular flexibility index (Phi) is 6.38. The molecule has 3 aromatic rings. The second kappa shape index (κ2) is 9.97. The lowest BCUT2D eigenvalue weighted by molar-refractivity contribution is -0.134. The number of hydrogen-bond acceptors (Lipinski definition) is 6. The highest BCUT2D eigenvalue weighted by Gasteiger charge is 2.39. The molecule has 8 nitrogen and oxygen atoms in total. The molecule has 0 N–H and O–H groups in total. The van der Waals surface area contributed by atoms with Gasteiger partial charge in [0.1, 0.15) is 17.8 Å². The van der Waals surface area contributed by atoms with Crippen LogP contribution in [0.15, 0.2) is 53.1 Å². The molecule has 3 heterocycles. The molecule has 1 aromatic heterocycles. The van der Waals surface area contributed by atoms with Crippen molar-refractivity contribution in [1.82, 2.24) is 14.8 Å². The number of rotatable bonds is 6. The largest absolute Gasteiger partial charge is 0.484 e. The maximum absolute atomic E-state index is 14.2. The first-order valence-corrected chi connectivity index (χ1v) is 12.7. The standard InChI is InChI=1S/C28H28FN3O5/c29-21-3-1-2-20(14-21)26-23-15-22(7-6-18(23)8-9-32(26)27(33)19-4-5-19)36-17-25-30-24(16-37-25)28(34)31-10-12-35-13-11-31/h1-3,6-7,14-16,19,26H,4-5,8-13,17H2/t26-/m1/s1. The monoisotopic (exact) mass is 505 g/mol. The number of benzene rings is 2. The van der Waals surface area contributed by atoms with E-state index in [1.807, 2.05) is 29.2 Å². The fraction of sp³-hybridized carbons (Fsp3) is 0.393. The third-order valence-corrected chi connectivity index (χ3v) is 7.15. The van der Waals surface area contributed by atoms with Crippen LogP contribution in [-0.2, 0) is 22.6 Å². The number of nitrogens with zero attached hydrogens (tertiary/aromatic N) is 3. The molecular formula is C28H28FN3O5. The molecule has 2 fully saturated rings. The van der Waals surface area contributed by atoms with Crippen molar-refractivity contribution in [3.63, 3.8) is 0 Å². The van der Waals surface area contributed by atoms with Crippen LogP contribution >= 0.6 is 0 Å². The summed E-state index contributed by atoms with van der Waals surface area (Å²) in [5, 5.41) is 0. The molecular weight excluding hydrogens is 477 g/mol. The number of fused-ring (bicyclic) bond motifs is 1. The van der Waals surface area contributed by atoms with Crippen molar-refractivity contribution in [1.29, 1.82) is 0 Å². The van der Waals surface area contributed by atoms with Crippen LogP contribution in [0.3, 0.4) is 0 Å². The van der Waals surface area contributed by atoms with Crippen molar-refractivity contribution in [3.8, 4) is 5.75 Å². The summed E-state index contributed by atoms with van der Waals surface area (Å²) in [6.07, 6.45) is 3.90. The maximum atomic E-state index is 14.2. The van der Waals surface area contributed by atoms with Crippen molar-refractivity contribution in [2.24, 2.45) is 5.92 Å². The van der Waals surface area contributed by atoms with E-state index in [0.29, 0.717) is 44.5 Å². The van der Waals surface area contributed by atoms with Gasteiger partial charge in [-0.25, -0.2) is 9.37 Å². The Labute approximate surface area is 214 Å². The number of ether oxygens (including phenoxy) is 2. The van der Waals surface area contributed by atoms with Gasteiger partial charge in [0.25, 0.3) is 5.91 Å². The normalized spacial score (nSPS) is 19.4. The quantitative estimate of drug-likeness (QED) is 0.507. The zero-order chi connectivity index (χ0) is 25.4. The van der Waals surface area contributed by atoms with E-state index in [2.05, 4.69) is 4.98 Å². The molecule has 1 saturated heterocycles. The molecule has 0 spiro atoms. The lowest BCUT2D eigenvalue weighted by atomic mass is 9.87. The number of carbonyl (C=O) groups excluding carboxylic acids is 2. The van der Waals surface area contributed by atoms with Crippen molar-refractivity contribution < 1.29 is 27.9 Å². The van der Waals surface area contributed by atoms with E-state index in [1.54, 1.807) is 11.0 Å². The average Bonchev–Trinajstić information content (AvgIpc) is 3.68. The van der Waals surface area contributed by atoms with E-state index >= 15 is 0 Å². The fourth-order valence-electron chi connectivity index (χ4n) is 5.07. The number of aromatic nitrogens is 1. The van der Waals surface area contributed by atoms with Crippen LogP contribution in [0.5, 0.6) is 5.75 Å². The van der Waals surface area contributed by atoms with E-state index in [4.69, 9.17) is 13.9 Å². The molecule has 2 aliphatic heterocycles. The highest BCUT2D eigenvalue weighted by atomic mass is 19.1. The highest BCUT2D eigenvalue weighted by Crippen LogP contribution is 2.41. The van der Waals surface area contributed by atoms with Gasteiger partial charge in [0.15, 0.2) is 12.3 Å². The zero-order valence-corrected chi connectivity index (χ0v) is 20.4. The second-order valence-corrected chi connectivity index (χ2v) is 9.69. The second-order valence-electron chi connectivity index (χ2n) is 9.69. The van der Waals surface area contributed by atoms with Crippen molar-refractivity contribution in [2.45, 2.75) is 31.9 Å². The van der Waals surface area contributed by atoms with Crippen LogP contribution in [0, 0.1) is 11.7 Å². The first-order chi connectivity index (χ1) is 18.1. The van der Waals surface area contributed by atoms with Gasteiger partial charge in [-0.3, -0.25) is 9.59 Å². The molecule has 3 aliphatic rings. The summed E-state index contributed by atoms with van der Waals surface area (Å²) in [5.74, 6) is 0.550. The van der Waals surface area contributed by atoms with Gasteiger partial charge in [0.2, 0.25) is 11.8 Å². The Hall–Kier alpha value is -3.72. The van der Waals surface area contributed by atoms with Crippen LogP contribution in [0.25, 0.3) is 0 Å². The summed E-state index contributed by atoms with van der Waals surface area (Å²) < 4.78 is 30.9. The van der Waals surface area contributed by atoms with E-state index in [1.165, 1.54) is 18.4 Å². The van der Waals surface area contributed by atoms with Crippen LogP contribution in [-0.4, -0.2) is 59.4 Å². The van der Waals surface area contributed by atoms with Crippen molar-refractivity contribution in [2.75, 3.05) is 32.8 Å². The minimum absolute atomic E-state index is 0.0462. The van der Waals surface area contributed by atoms with Crippen LogP contribution in [0.4, 0.5) is 4.39 Å². The minimum atomic E-state index is -0.379. The number of oxazole rings is 1. The number of carbonyl (C=O) groups is 2.